The Balaban J connectivity index is 1.36. The van der Waals surface area contributed by atoms with Crippen LogP contribution in [-0.4, -0.2) is 57.7 Å². The number of carbonyl (C=O) groups excluding carboxylic acids is 1. The first-order chi connectivity index (χ1) is 13.6. The smallest absolute Gasteiger partial charge is 0.275 e. The molecule has 148 valence electrons. The summed E-state index contributed by atoms with van der Waals surface area (Å²) in [6.45, 7) is 5.93. The fourth-order valence-corrected chi connectivity index (χ4v) is 5.71. The fourth-order valence-electron chi connectivity index (χ4n) is 5.71. The molecule has 3 aliphatic rings. The summed E-state index contributed by atoms with van der Waals surface area (Å²) >= 11 is 0. The summed E-state index contributed by atoms with van der Waals surface area (Å²) in [5, 5.41) is 5.92. The van der Waals surface area contributed by atoms with Crippen molar-refractivity contribution >= 4 is 16.7 Å². The Bertz CT molecular complexity index is 969. The number of likely N-dealkylation sites (tertiary alicyclic amines) is 1. The van der Waals surface area contributed by atoms with Gasteiger partial charge in [0.15, 0.2) is 0 Å². The predicted octanol–water partition coefficient (Wildman–Crippen LogP) is 2.04. The lowest BCUT2D eigenvalue weighted by atomic mass is 9.76. The van der Waals surface area contributed by atoms with Crippen molar-refractivity contribution in [2.45, 2.75) is 45.2 Å². The van der Waals surface area contributed by atoms with Gasteiger partial charge in [-0.2, -0.15) is 5.10 Å². The second kappa shape index (κ2) is 6.99. The zero-order valence-electron chi connectivity index (χ0n) is 16.5. The Hall–Kier alpha value is -2.21. The Morgan fingerprint density at radius 1 is 1.14 bits per heavy atom. The zero-order chi connectivity index (χ0) is 19.3. The standard InChI is InChI=1S/C22H28N4O2/c1-15-18-6-2-3-7-19(18)22(28)26(23-15)14-21(27)25-12-16-10-17(13-25)20-8-4-5-9-24(20)11-16/h2-3,6-7,16-17,20H,4-5,8-14H2,1H3/t16-,17-,20+/m1/s1. The Kier molecular flexibility index (Phi) is 4.46. The zero-order valence-corrected chi connectivity index (χ0v) is 16.5. The summed E-state index contributed by atoms with van der Waals surface area (Å²) in [7, 11) is 0. The molecule has 4 heterocycles. The van der Waals surface area contributed by atoms with E-state index in [1.165, 1.54) is 36.9 Å². The van der Waals surface area contributed by atoms with Crippen LogP contribution in [0.1, 0.15) is 31.4 Å². The monoisotopic (exact) mass is 380 g/mol. The van der Waals surface area contributed by atoms with Crippen LogP contribution in [0.3, 0.4) is 0 Å². The predicted molar refractivity (Wildman–Crippen MR) is 108 cm³/mol. The number of benzene rings is 1. The van der Waals surface area contributed by atoms with Crippen LogP contribution < -0.4 is 5.56 Å². The molecule has 0 unspecified atom stereocenters. The van der Waals surface area contributed by atoms with Crippen LogP contribution >= 0.6 is 0 Å². The molecule has 28 heavy (non-hydrogen) atoms. The van der Waals surface area contributed by atoms with Crippen molar-refractivity contribution in [1.29, 1.82) is 0 Å². The van der Waals surface area contributed by atoms with Crippen LogP contribution in [0.15, 0.2) is 29.1 Å². The van der Waals surface area contributed by atoms with E-state index in [1.807, 2.05) is 36.1 Å². The molecule has 6 heteroatoms. The van der Waals surface area contributed by atoms with Crippen molar-refractivity contribution < 1.29 is 4.79 Å². The van der Waals surface area contributed by atoms with Gasteiger partial charge in [0, 0.05) is 31.1 Å². The first-order valence-electron chi connectivity index (χ1n) is 10.6. The molecule has 2 bridgehead atoms. The molecule has 2 aromatic rings. The largest absolute Gasteiger partial charge is 0.340 e. The lowest BCUT2D eigenvalue weighted by Gasteiger charge is -2.52. The number of hydrogen-bond acceptors (Lipinski definition) is 4. The number of nitrogens with zero attached hydrogens (tertiary/aromatic N) is 4. The van der Waals surface area contributed by atoms with Crippen molar-refractivity contribution in [2.24, 2.45) is 11.8 Å². The quantitative estimate of drug-likeness (QED) is 0.800. The van der Waals surface area contributed by atoms with E-state index in [1.54, 1.807) is 0 Å². The number of rotatable bonds is 2. The SMILES string of the molecule is Cc1nn(CC(=O)N2C[C@@H]3C[C@H](C2)[C@@H]2CCCCN2C3)c(=O)c2ccccc12. The maximum absolute atomic E-state index is 13.1. The molecule has 3 fully saturated rings. The van der Waals surface area contributed by atoms with E-state index in [-0.39, 0.29) is 18.0 Å². The molecule has 0 saturated carbocycles. The summed E-state index contributed by atoms with van der Waals surface area (Å²) in [5.41, 5.74) is 0.613. The Morgan fingerprint density at radius 3 is 2.82 bits per heavy atom. The molecule has 5 rings (SSSR count). The second-order valence-corrected chi connectivity index (χ2v) is 8.81. The first kappa shape index (κ1) is 17.9. The van der Waals surface area contributed by atoms with E-state index < -0.39 is 0 Å². The summed E-state index contributed by atoms with van der Waals surface area (Å²) in [6.07, 6.45) is 5.14. The number of hydrogen-bond donors (Lipinski definition) is 0. The van der Waals surface area contributed by atoms with E-state index in [2.05, 4.69) is 10.00 Å². The van der Waals surface area contributed by atoms with E-state index >= 15 is 0 Å². The van der Waals surface area contributed by atoms with E-state index in [0.717, 1.165) is 30.7 Å². The van der Waals surface area contributed by atoms with Crippen molar-refractivity contribution in [3.63, 3.8) is 0 Å². The van der Waals surface area contributed by atoms with E-state index in [9.17, 15) is 9.59 Å². The molecular formula is C22H28N4O2. The van der Waals surface area contributed by atoms with E-state index in [4.69, 9.17) is 0 Å². The van der Waals surface area contributed by atoms with Crippen molar-refractivity contribution in [1.82, 2.24) is 19.6 Å². The summed E-state index contributed by atoms with van der Waals surface area (Å²) in [4.78, 5) is 30.5. The fraction of sp³-hybridized carbons (Fsp3) is 0.591. The van der Waals surface area contributed by atoms with Gasteiger partial charge in [0.25, 0.3) is 5.56 Å². The van der Waals surface area contributed by atoms with Crippen molar-refractivity contribution in [3.8, 4) is 0 Å². The molecule has 0 spiro atoms. The number of aromatic nitrogens is 2. The highest BCUT2D eigenvalue weighted by Gasteiger charge is 2.42. The third kappa shape index (κ3) is 3.04. The van der Waals surface area contributed by atoms with Gasteiger partial charge < -0.3 is 4.90 Å². The normalized spacial score (nSPS) is 27.6. The number of piperidine rings is 3. The number of amides is 1. The van der Waals surface area contributed by atoms with Gasteiger partial charge in [0.2, 0.25) is 5.91 Å². The van der Waals surface area contributed by atoms with Crippen LogP contribution in [-0.2, 0) is 11.3 Å². The highest BCUT2D eigenvalue weighted by Crippen LogP contribution is 2.37. The molecule has 1 aromatic heterocycles. The number of carbonyl (C=O) groups is 1. The Morgan fingerprint density at radius 2 is 1.96 bits per heavy atom. The molecular weight excluding hydrogens is 352 g/mol. The summed E-state index contributed by atoms with van der Waals surface area (Å²) < 4.78 is 1.36. The second-order valence-electron chi connectivity index (χ2n) is 8.81. The van der Waals surface area contributed by atoms with E-state index in [0.29, 0.717) is 23.3 Å². The maximum atomic E-state index is 13.1. The third-order valence-corrected chi connectivity index (χ3v) is 6.96. The number of fused-ring (bicyclic) bond motifs is 5. The van der Waals surface area contributed by atoms with Crippen LogP contribution in [0.5, 0.6) is 0 Å². The lowest BCUT2D eigenvalue weighted by molar-refractivity contribution is -0.138. The molecule has 1 aromatic carbocycles. The molecule has 0 aliphatic carbocycles. The van der Waals surface area contributed by atoms with Crippen LogP contribution in [0.2, 0.25) is 0 Å². The van der Waals surface area contributed by atoms with Crippen molar-refractivity contribution in [3.05, 3.63) is 40.3 Å². The highest BCUT2D eigenvalue weighted by atomic mass is 16.2. The van der Waals surface area contributed by atoms with Gasteiger partial charge in [0.05, 0.1) is 11.1 Å². The van der Waals surface area contributed by atoms with Gasteiger partial charge in [-0.05, 0) is 50.6 Å². The highest BCUT2D eigenvalue weighted by molar-refractivity contribution is 5.83. The van der Waals surface area contributed by atoms with Gasteiger partial charge in [-0.3, -0.25) is 14.5 Å². The number of aryl methyl sites for hydroxylation is 1. The molecule has 1 amide bonds. The van der Waals surface area contributed by atoms with Gasteiger partial charge in [-0.1, -0.05) is 24.6 Å². The third-order valence-electron chi connectivity index (χ3n) is 6.96. The van der Waals surface area contributed by atoms with Gasteiger partial charge in [0.1, 0.15) is 6.54 Å². The molecule has 6 nitrogen and oxygen atoms in total. The summed E-state index contributed by atoms with van der Waals surface area (Å²) in [6, 6.07) is 8.14. The van der Waals surface area contributed by atoms with Crippen LogP contribution in [0.25, 0.3) is 10.8 Å². The maximum Gasteiger partial charge on any atom is 0.275 e. The van der Waals surface area contributed by atoms with Crippen LogP contribution in [0.4, 0.5) is 0 Å². The summed E-state index contributed by atoms with van der Waals surface area (Å²) in [5.74, 6) is 1.18. The molecule has 0 radical (unpaired) electrons. The molecule has 3 saturated heterocycles. The minimum atomic E-state index is -0.176. The van der Waals surface area contributed by atoms with Gasteiger partial charge in [-0.25, -0.2) is 4.68 Å². The first-order valence-corrected chi connectivity index (χ1v) is 10.6. The molecule has 0 N–H and O–H groups in total. The minimum absolute atomic E-state index is 0.0308. The lowest BCUT2D eigenvalue weighted by Crippen LogP contribution is -2.60. The minimum Gasteiger partial charge on any atom is -0.340 e. The topological polar surface area (TPSA) is 58.4 Å². The van der Waals surface area contributed by atoms with Crippen molar-refractivity contribution in [2.75, 3.05) is 26.2 Å². The molecule has 3 aliphatic heterocycles. The Labute approximate surface area is 165 Å². The van der Waals surface area contributed by atoms with Gasteiger partial charge >= 0.3 is 0 Å². The molecule has 3 atom stereocenters. The average Bonchev–Trinajstić information content (AvgIpc) is 2.71. The average molecular weight is 380 g/mol. The van der Waals surface area contributed by atoms with Gasteiger partial charge in [-0.15, -0.1) is 0 Å². The van der Waals surface area contributed by atoms with Crippen LogP contribution in [0, 0.1) is 18.8 Å².